The fourth-order valence-electron chi connectivity index (χ4n) is 1.90. The van der Waals surface area contributed by atoms with E-state index in [1.165, 1.54) is 18.2 Å². The van der Waals surface area contributed by atoms with Crippen molar-refractivity contribution in [1.29, 1.82) is 5.41 Å². The van der Waals surface area contributed by atoms with E-state index < -0.39 is 4.92 Å². The fourth-order valence-corrected chi connectivity index (χ4v) is 2.07. The minimum atomic E-state index is -0.476. The van der Waals surface area contributed by atoms with Crippen molar-refractivity contribution in [1.82, 2.24) is 4.90 Å². The number of amidine groups is 1. The summed E-state index contributed by atoms with van der Waals surface area (Å²) in [6.07, 6.45) is 1.77. The van der Waals surface area contributed by atoms with E-state index in [0.29, 0.717) is 18.1 Å². The summed E-state index contributed by atoms with van der Waals surface area (Å²) in [5.74, 6) is 0.165. The molecule has 19 heavy (non-hydrogen) atoms. The topological polar surface area (TPSA) is 70.2 Å². The normalized spacial score (nSPS) is 10.3. The largest absolute Gasteiger partial charge is 0.356 e. The van der Waals surface area contributed by atoms with Crippen molar-refractivity contribution in [2.75, 3.05) is 13.1 Å². The van der Waals surface area contributed by atoms with Gasteiger partial charge in [0.05, 0.1) is 10.5 Å². The third-order valence-electron chi connectivity index (χ3n) is 2.71. The molecule has 0 atom stereocenters. The zero-order valence-electron chi connectivity index (χ0n) is 11.1. The second-order valence-corrected chi connectivity index (χ2v) is 4.69. The molecule has 0 saturated heterocycles. The lowest BCUT2D eigenvalue weighted by molar-refractivity contribution is -0.385. The molecule has 0 saturated carbocycles. The summed E-state index contributed by atoms with van der Waals surface area (Å²) in [6, 6.07) is 4.31. The van der Waals surface area contributed by atoms with E-state index in [9.17, 15) is 10.1 Å². The molecular formula is C13H18ClN3O2. The van der Waals surface area contributed by atoms with Crippen LogP contribution in [0.15, 0.2) is 18.2 Å². The molecule has 0 fully saturated rings. The third-order valence-corrected chi connectivity index (χ3v) is 2.95. The molecule has 5 nitrogen and oxygen atoms in total. The first-order chi connectivity index (χ1) is 9.01. The van der Waals surface area contributed by atoms with Gasteiger partial charge in [0.15, 0.2) is 0 Å². The summed E-state index contributed by atoms with van der Waals surface area (Å²) in [4.78, 5) is 12.4. The van der Waals surface area contributed by atoms with Crippen LogP contribution < -0.4 is 0 Å². The van der Waals surface area contributed by atoms with Crippen LogP contribution in [0.2, 0.25) is 5.02 Å². The first-order valence-corrected chi connectivity index (χ1v) is 6.66. The average Bonchev–Trinajstić information content (AvgIpc) is 2.37. The minimum Gasteiger partial charge on any atom is -0.356 e. The molecule has 0 aliphatic rings. The number of nitrogens with zero attached hydrogens (tertiary/aromatic N) is 2. The van der Waals surface area contributed by atoms with Crippen molar-refractivity contribution in [3.05, 3.63) is 38.9 Å². The van der Waals surface area contributed by atoms with Crippen LogP contribution in [-0.2, 0) is 0 Å². The van der Waals surface area contributed by atoms with Gasteiger partial charge in [0.2, 0.25) is 0 Å². The number of nitrogens with one attached hydrogen (secondary N) is 1. The SMILES string of the molecule is CCCN(CCC)C(=N)c1cc(Cl)ccc1[N+](=O)[O-]. The zero-order valence-corrected chi connectivity index (χ0v) is 11.9. The lowest BCUT2D eigenvalue weighted by atomic mass is 10.1. The van der Waals surface area contributed by atoms with E-state index in [4.69, 9.17) is 17.0 Å². The van der Waals surface area contributed by atoms with Gasteiger partial charge in [-0.15, -0.1) is 0 Å². The van der Waals surface area contributed by atoms with Crippen molar-refractivity contribution in [2.45, 2.75) is 26.7 Å². The summed E-state index contributed by atoms with van der Waals surface area (Å²) < 4.78 is 0. The molecule has 1 rings (SSSR count). The van der Waals surface area contributed by atoms with Gasteiger partial charge in [0.1, 0.15) is 5.84 Å². The van der Waals surface area contributed by atoms with Crippen LogP contribution in [0.25, 0.3) is 0 Å². The minimum absolute atomic E-state index is 0.0772. The van der Waals surface area contributed by atoms with Gasteiger partial charge in [-0.2, -0.15) is 0 Å². The number of hydrogen-bond donors (Lipinski definition) is 1. The zero-order chi connectivity index (χ0) is 14.4. The van der Waals surface area contributed by atoms with Crippen molar-refractivity contribution >= 4 is 23.1 Å². The van der Waals surface area contributed by atoms with E-state index >= 15 is 0 Å². The smallest absolute Gasteiger partial charge is 0.280 e. The van der Waals surface area contributed by atoms with Gasteiger partial charge in [-0.05, 0) is 25.0 Å². The average molecular weight is 284 g/mol. The number of rotatable bonds is 6. The van der Waals surface area contributed by atoms with E-state index in [2.05, 4.69) is 0 Å². The molecular weight excluding hydrogens is 266 g/mol. The van der Waals surface area contributed by atoms with E-state index in [1.54, 1.807) is 0 Å². The van der Waals surface area contributed by atoms with Crippen molar-refractivity contribution < 1.29 is 4.92 Å². The Morgan fingerprint density at radius 3 is 2.42 bits per heavy atom. The Bertz CT molecular complexity index is 471. The van der Waals surface area contributed by atoms with Crippen LogP contribution in [0.3, 0.4) is 0 Å². The lowest BCUT2D eigenvalue weighted by Crippen LogP contribution is -2.33. The standard InChI is InChI=1S/C13H18ClN3O2/c1-3-7-16(8-4-2)13(15)11-9-10(14)5-6-12(11)17(18)19/h5-6,9,15H,3-4,7-8H2,1-2H3. The van der Waals surface area contributed by atoms with E-state index in [-0.39, 0.29) is 17.1 Å². The summed E-state index contributed by atoms with van der Waals surface area (Å²) in [6.45, 7) is 5.44. The molecule has 0 aromatic heterocycles. The van der Waals surface area contributed by atoms with Crippen LogP contribution in [0.4, 0.5) is 5.69 Å². The van der Waals surface area contributed by atoms with Crippen LogP contribution in [0.5, 0.6) is 0 Å². The number of hydrogen-bond acceptors (Lipinski definition) is 3. The summed E-state index contributed by atoms with van der Waals surface area (Å²) in [5, 5.41) is 19.6. The van der Waals surface area contributed by atoms with Crippen molar-refractivity contribution in [3.63, 3.8) is 0 Å². The van der Waals surface area contributed by atoms with Gasteiger partial charge < -0.3 is 4.90 Å². The maximum absolute atomic E-state index is 11.0. The fraction of sp³-hybridized carbons (Fsp3) is 0.462. The number of nitro benzene ring substituents is 1. The Labute approximate surface area is 117 Å². The number of benzene rings is 1. The van der Waals surface area contributed by atoms with Crippen molar-refractivity contribution in [3.8, 4) is 0 Å². The predicted octanol–water partition coefficient (Wildman–Crippen LogP) is 3.70. The third kappa shape index (κ3) is 3.92. The second kappa shape index (κ2) is 7.09. The Hall–Kier alpha value is -1.62. The molecule has 0 aliphatic carbocycles. The first-order valence-electron chi connectivity index (χ1n) is 6.29. The number of nitro groups is 1. The molecule has 104 valence electrons. The Morgan fingerprint density at radius 2 is 1.95 bits per heavy atom. The molecule has 0 aliphatic heterocycles. The summed E-state index contributed by atoms with van der Waals surface area (Å²) in [5.41, 5.74) is 0.200. The maximum atomic E-state index is 11.0. The summed E-state index contributed by atoms with van der Waals surface area (Å²) in [7, 11) is 0. The quantitative estimate of drug-likeness (QED) is 0.374. The molecule has 0 spiro atoms. The van der Waals surface area contributed by atoms with Gasteiger partial charge >= 0.3 is 0 Å². The number of halogens is 1. The molecule has 0 radical (unpaired) electrons. The molecule has 0 unspecified atom stereocenters. The molecule has 6 heteroatoms. The van der Waals surface area contributed by atoms with Gasteiger partial charge in [0.25, 0.3) is 5.69 Å². The highest BCUT2D eigenvalue weighted by molar-refractivity contribution is 6.31. The highest BCUT2D eigenvalue weighted by Crippen LogP contribution is 2.24. The molecule has 1 aromatic carbocycles. The van der Waals surface area contributed by atoms with Crippen molar-refractivity contribution in [2.24, 2.45) is 0 Å². The monoisotopic (exact) mass is 283 g/mol. The van der Waals surface area contributed by atoms with Crippen LogP contribution in [-0.4, -0.2) is 28.7 Å². The van der Waals surface area contributed by atoms with Gasteiger partial charge in [-0.3, -0.25) is 15.5 Å². The lowest BCUT2D eigenvalue weighted by Gasteiger charge is -2.24. The van der Waals surface area contributed by atoms with E-state index in [1.807, 2.05) is 18.7 Å². The first kappa shape index (κ1) is 15.4. The molecule has 1 aromatic rings. The molecule has 0 bridgehead atoms. The highest BCUT2D eigenvalue weighted by Gasteiger charge is 2.21. The summed E-state index contributed by atoms with van der Waals surface area (Å²) >= 11 is 5.89. The molecule has 0 amide bonds. The van der Waals surface area contributed by atoms with Crippen LogP contribution in [0.1, 0.15) is 32.3 Å². The van der Waals surface area contributed by atoms with Crippen LogP contribution in [0, 0.1) is 15.5 Å². The predicted molar refractivity (Wildman–Crippen MR) is 77.1 cm³/mol. The maximum Gasteiger partial charge on any atom is 0.280 e. The Balaban J connectivity index is 3.15. The molecule has 0 heterocycles. The van der Waals surface area contributed by atoms with E-state index in [0.717, 1.165) is 12.8 Å². The van der Waals surface area contributed by atoms with Crippen LogP contribution >= 0.6 is 11.6 Å². The highest BCUT2D eigenvalue weighted by atomic mass is 35.5. The van der Waals surface area contributed by atoms with Gasteiger partial charge in [0, 0.05) is 24.2 Å². The molecule has 1 N–H and O–H groups in total. The van der Waals surface area contributed by atoms with Gasteiger partial charge in [-0.1, -0.05) is 25.4 Å². The van der Waals surface area contributed by atoms with Gasteiger partial charge in [-0.25, -0.2) is 0 Å². The second-order valence-electron chi connectivity index (χ2n) is 4.25. The Kier molecular flexibility index (Phi) is 5.76. The Morgan fingerprint density at radius 1 is 1.37 bits per heavy atom.